The van der Waals surface area contributed by atoms with E-state index in [0.29, 0.717) is 6.61 Å². The molecule has 0 radical (unpaired) electrons. The first kappa shape index (κ1) is 14.3. The van der Waals surface area contributed by atoms with Gasteiger partial charge in [0.05, 0.1) is 6.61 Å². The van der Waals surface area contributed by atoms with Crippen molar-refractivity contribution in [3.05, 3.63) is 0 Å². The largest absolute Gasteiger partial charge is 0.381 e. The van der Waals surface area contributed by atoms with Crippen LogP contribution in [0.3, 0.4) is 0 Å². The van der Waals surface area contributed by atoms with Crippen LogP contribution in [0, 0.1) is 5.41 Å². The van der Waals surface area contributed by atoms with E-state index in [-0.39, 0.29) is 17.9 Å². The first-order valence-electron chi connectivity index (χ1n) is 5.01. The van der Waals surface area contributed by atoms with E-state index in [1.807, 2.05) is 0 Å². The van der Waals surface area contributed by atoms with E-state index < -0.39 is 6.10 Å². The van der Waals surface area contributed by atoms with Crippen molar-refractivity contribution >= 4 is 5.91 Å². The Morgan fingerprint density at radius 1 is 1.47 bits per heavy atom. The van der Waals surface area contributed by atoms with Gasteiger partial charge in [0.1, 0.15) is 0 Å². The summed E-state index contributed by atoms with van der Waals surface area (Å²) in [5, 5.41) is 0. The van der Waals surface area contributed by atoms with Crippen molar-refractivity contribution in [1.82, 2.24) is 5.43 Å². The first-order valence-corrected chi connectivity index (χ1v) is 5.01. The van der Waals surface area contributed by atoms with Crippen LogP contribution in [0.15, 0.2) is 0 Å². The Bertz CT molecular complexity index is 190. The van der Waals surface area contributed by atoms with Crippen LogP contribution in [0.25, 0.3) is 0 Å². The summed E-state index contributed by atoms with van der Waals surface area (Å²) in [5.74, 6) is 4.67. The zero-order valence-electron chi connectivity index (χ0n) is 10.0. The van der Waals surface area contributed by atoms with E-state index in [0.717, 1.165) is 6.42 Å². The molecule has 0 spiro atoms. The molecule has 3 N–H and O–H groups in total. The minimum Gasteiger partial charge on any atom is -0.381 e. The molecule has 0 aromatic heterocycles. The molecule has 0 rings (SSSR count). The van der Waals surface area contributed by atoms with Crippen LogP contribution in [-0.4, -0.2) is 32.3 Å². The molecule has 0 bridgehead atoms. The van der Waals surface area contributed by atoms with Crippen LogP contribution in [0.2, 0.25) is 0 Å². The Hall–Kier alpha value is -0.650. The predicted molar refractivity (Wildman–Crippen MR) is 58.0 cm³/mol. The molecule has 0 aliphatic rings. The molecule has 1 atom stereocenters. The van der Waals surface area contributed by atoms with Crippen molar-refractivity contribution < 1.29 is 14.3 Å². The smallest absolute Gasteiger partial charge is 0.265 e. The second-order valence-electron chi connectivity index (χ2n) is 4.63. The summed E-state index contributed by atoms with van der Waals surface area (Å²) < 4.78 is 10.3. The Morgan fingerprint density at radius 3 is 2.47 bits per heavy atom. The molecule has 90 valence electrons. The van der Waals surface area contributed by atoms with Gasteiger partial charge in [0.15, 0.2) is 6.10 Å². The van der Waals surface area contributed by atoms with Crippen LogP contribution in [-0.2, 0) is 14.3 Å². The van der Waals surface area contributed by atoms with Gasteiger partial charge in [0.2, 0.25) is 0 Å². The highest BCUT2D eigenvalue weighted by Gasteiger charge is 2.19. The van der Waals surface area contributed by atoms with E-state index >= 15 is 0 Å². The third-order valence-corrected chi connectivity index (χ3v) is 1.92. The molecule has 0 aromatic carbocycles. The van der Waals surface area contributed by atoms with Crippen molar-refractivity contribution in [2.45, 2.75) is 33.3 Å². The number of ether oxygens (including phenoxy) is 2. The van der Waals surface area contributed by atoms with Gasteiger partial charge < -0.3 is 9.47 Å². The Labute approximate surface area is 91.3 Å². The molecule has 0 aromatic rings. The number of nitrogens with two attached hydrogens (primary N) is 1. The molecule has 0 aliphatic heterocycles. The van der Waals surface area contributed by atoms with Crippen molar-refractivity contribution in [3.63, 3.8) is 0 Å². The van der Waals surface area contributed by atoms with Crippen LogP contribution < -0.4 is 11.3 Å². The molecule has 15 heavy (non-hydrogen) atoms. The van der Waals surface area contributed by atoms with Gasteiger partial charge in [-0.1, -0.05) is 20.8 Å². The van der Waals surface area contributed by atoms with Crippen molar-refractivity contribution in [2.75, 3.05) is 20.3 Å². The Kier molecular flexibility index (Phi) is 6.47. The molecule has 0 saturated carbocycles. The third kappa shape index (κ3) is 7.30. The van der Waals surface area contributed by atoms with E-state index in [2.05, 4.69) is 26.2 Å². The monoisotopic (exact) mass is 218 g/mol. The van der Waals surface area contributed by atoms with Gasteiger partial charge in [-0.25, -0.2) is 5.84 Å². The number of amides is 1. The van der Waals surface area contributed by atoms with E-state index in [9.17, 15) is 4.79 Å². The Morgan fingerprint density at radius 2 is 2.07 bits per heavy atom. The molecule has 1 unspecified atom stereocenters. The van der Waals surface area contributed by atoms with Crippen LogP contribution in [0.4, 0.5) is 0 Å². The lowest BCUT2D eigenvalue weighted by molar-refractivity contribution is -0.136. The number of rotatable bonds is 6. The maximum atomic E-state index is 11.2. The van der Waals surface area contributed by atoms with Crippen LogP contribution >= 0.6 is 0 Å². The molecule has 1 amide bonds. The average molecular weight is 218 g/mol. The topological polar surface area (TPSA) is 73.6 Å². The molecule has 0 heterocycles. The highest BCUT2D eigenvalue weighted by atomic mass is 16.5. The van der Waals surface area contributed by atoms with Gasteiger partial charge in [-0.2, -0.15) is 0 Å². The van der Waals surface area contributed by atoms with Gasteiger partial charge in [-0.05, 0) is 11.8 Å². The molecular weight excluding hydrogens is 196 g/mol. The summed E-state index contributed by atoms with van der Waals surface area (Å²) >= 11 is 0. The molecule has 5 heteroatoms. The second-order valence-corrected chi connectivity index (χ2v) is 4.63. The number of hydrogen-bond acceptors (Lipinski definition) is 4. The summed E-state index contributed by atoms with van der Waals surface area (Å²) in [5.41, 5.74) is 2.24. The lowest BCUT2D eigenvalue weighted by Gasteiger charge is -2.20. The standard InChI is InChI=1S/C10H22N2O3/c1-10(2,3)5-6-15-8(7-14-4)9(13)12-11/h8H,5-7,11H2,1-4H3,(H,12,13). The van der Waals surface area contributed by atoms with Gasteiger partial charge in [0.25, 0.3) is 5.91 Å². The molecule has 0 aliphatic carbocycles. The fourth-order valence-electron chi connectivity index (χ4n) is 0.951. The zero-order chi connectivity index (χ0) is 11.9. The van der Waals surface area contributed by atoms with Crippen molar-refractivity contribution in [3.8, 4) is 0 Å². The lowest BCUT2D eigenvalue weighted by Crippen LogP contribution is -2.43. The molecule has 0 fully saturated rings. The summed E-state index contributed by atoms with van der Waals surface area (Å²) in [6.45, 7) is 7.08. The SMILES string of the molecule is COCC(OCCC(C)(C)C)C(=O)NN. The predicted octanol–water partition coefficient (Wildman–Crippen LogP) is 0.444. The summed E-state index contributed by atoms with van der Waals surface area (Å²) in [4.78, 5) is 11.2. The average Bonchev–Trinajstić information content (AvgIpc) is 2.13. The van der Waals surface area contributed by atoms with Gasteiger partial charge in [-0.15, -0.1) is 0 Å². The Balaban J connectivity index is 3.91. The normalized spacial score (nSPS) is 13.7. The molecule has 5 nitrogen and oxygen atoms in total. The van der Waals surface area contributed by atoms with Crippen molar-refractivity contribution in [1.29, 1.82) is 0 Å². The number of nitrogens with one attached hydrogen (secondary N) is 1. The third-order valence-electron chi connectivity index (χ3n) is 1.92. The summed E-state index contributed by atoms with van der Waals surface area (Å²) in [6, 6.07) is 0. The minimum absolute atomic E-state index is 0.191. The second kappa shape index (κ2) is 6.76. The highest BCUT2D eigenvalue weighted by Crippen LogP contribution is 2.18. The van der Waals surface area contributed by atoms with E-state index in [1.165, 1.54) is 7.11 Å². The summed E-state index contributed by atoms with van der Waals surface area (Å²) in [6.07, 6.45) is 0.257. The van der Waals surface area contributed by atoms with E-state index in [4.69, 9.17) is 15.3 Å². The molecular formula is C10H22N2O3. The van der Waals surface area contributed by atoms with E-state index in [1.54, 1.807) is 0 Å². The molecule has 0 saturated heterocycles. The number of carbonyl (C=O) groups excluding carboxylic acids is 1. The maximum Gasteiger partial charge on any atom is 0.265 e. The number of hydrazine groups is 1. The number of methoxy groups -OCH3 is 1. The minimum atomic E-state index is -0.623. The number of hydrogen-bond donors (Lipinski definition) is 2. The zero-order valence-corrected chi connectivity index (χ0v) is 10.0. The summed E-state index contributed by atoms with van der Waals surface area (Å²) in [7, 11) is 1.52. The number of carbonyl (C=O) groups is 1. The quantitative estimate of drug-likeness (QED) is 0.385. The van der Waals surface area contributed by atoms with Crippen LogP contribution in [0.5, 0.6) is 0 Å². The maximum absolute atomic E-state index is 11.2. The lowest BCUT2D eigenvalue weighted by atomic mass is 9.93. The van der Waals surface area contributed by atoms with Gasteiger partial charge in [0, 0.05) is 13.7 Å². The highest BCUT2D eigenvalue weighted by molar-refractivity contribution is 5.80. The fourth-order valence-corrected chi connectivity index (χ4v) is 0.951. The fraction of sp³-hybridized carbons (Fsp3) is 0.900. The van der Waals surface area contributed by atoms with Crippen LogP contribution in [0.1, 0.15) is 27.2 Å². The van der Waals surface area contributed by atoms with Gasteiger partial charge >= 0.3 is 0 Å². The first-order chi connectivity index (χ1) is 6.90. The van der Waals surface area contributed by atoms with Gasteiger partial charge in [-0.3, -0.25) is 10.2 Å². The van der Waals surface area contributed by atoms with Crippen molar-refractivity contribution in [2.24, 2.45) is 11.3 Å².